The molecule has 4 rings (SSSR count). The minimum atomic E-state index is -0.679. The summed E-state index contributed by atoms with van der Waals surface area (Å²) in [5, 5.41) is 20.1. The first-order chi connectivity index (χ1) is 21.9. The zero-order chi connectivity index (χ0) is 32.0. The van der Waals surface area contributed by atoms with Crippen molar-refractivity contribution >= 4 is 11.7 Å². The van der Waals surface area contributed by atoms with Crippen LogP contribution in [0.5, 0.6) is 11.5 Å². The van der Waals surface area contributed by atoms with E-state index in [0.717, 1.165) is 29.7 Å². The quantitative estimate of drug-likeness (QED) is 0.0362. The predicted octanol–water partition coefficient (Wildman–Crippen LogP) is 9.31. The van der Waals surface area contributed by atoms with Gasteiger partial charge in [0.2, 0.25) is 5.75 Å². The second-order valence-corrected chi connectivity index (χ2v) is 11.6. The van der Waals surface area contributed by atoms with Crippen LogP contribution in [0.15, 0.2) is 72.9 Å². The number of nitro benzene ring substituents is 1. The Morgan fingerprint density at radius 1 is 0.867 bits per heavy atom. The third-order valence-electron chi connectivity index (χ3n) is 7.96. The first kappa shape index (κ1) is 33.4. The Labute approximate surface area is 265 Å². The summed E-state index contributed by atoms with van der Waals surface area (Å²) in [5.74, 6) is 0.457. The lowest BCUT2D eigenvalue weighted by Crippen LogP contribution is -2.09. The molecule has 1 aromatic heterocycles. The van der Waals surface area contributed by atoms with E-state index in [4.69, 9.17) is 9.47 Å². The Balaban J connectivity index is 1.31. The van der Waals surface area contributed by atoms with E-state index in [1.54, 1.807) is 29.1 Å². The van der Waals surface area contributed by atoms with Crippen LogP contribution in [0.1, 0.15) is 88.9 Å². The lowest BCUT2D eigenvalue weighted by molar-refractivity contribution is -0.385. The lowest BCUT2D eigenvalue weighted by atomic mass is 10.0. The van der Waals surface area contributed by atoms with E-state index in [1.807, 2.05) is 36.4 Å². The Hall–Kier alpha value is -4.53. The molecule has 3 aromatic carbocycles. The first-order valence-electron chi connectivity index (χ1n) is 16.1. The average molecular weight is 613 g/mol. The van der Waals surface area contributed by atoms with Crippen LogP contribution in [0.25, 0.3) is 22.4 Å². The van der Waals surface area contributed by atoms with Crippen LogP contribution in [0.2, 0.25) is 0 Å². The number of carbonyl (C=O) groups is 1. The summed E-state index contributed by atoms with van der Waals surface area (Å²) >= 11 is 0. The largest absolute Gasteiger partial charge is 0.494 e. The van der Waals surface area contributed by atoms with E-state index >= 15 is 0 Å². The Morgan fingerprint density at radius 2 is 1.49 bits per heavy atom. The molecule has 4 aromatic rings. The van der Waals surface area contributed by atoms with Gasteiger partial charge in [0.1, 0.15) is 11.4 Å². The summed E-state index contributed by atoms with van der Waals surface area (Å²) < 4.78 is 13.1. The van der Waals surface area contributed by atoms with Crippen LogP contribution in [0, 0.1) is 16.0 Å². The molecule has 9 heteroatoms. The minimum Gasteiger partial charge on any atom is -0.494 e. The molecule has 0 aliphatic rings. The maximum atomic E-state index is 12.9. The molecule has 0 aliphatic heterocycles. The van der Waals surface area contributed by atoms with E-state index in [2.05, 4.69) is 31.1 Å². The standard InChI is InChI=1S/C36H44N4O5/c1-4-6-7-8-9-10-11-12-23-44-32-20-17-29(18-21-32)28-13-15-30(16-14-28)36(41)45-35-22-19-31(24-34(35)40(42)43)33-26-39(38-37-33)25-27(3)5-2/h13-22,24,26-27H,4-12,23,25H2,1-3H3/t27-/m0/s1. The molecular weight excluding hydrogens is 568 g/mol. The van der Waals surface area contributed by atoms with E-state index in [1.165, 1.54) is 57.1 Å². The summed E-state index contributed by atoms with van der Waals surface area (Å²) in [6.07, 6.45) is 12.9. The molecule has 0 fully saturated rings. The number of ether oxygens (including phenoxy) is 2. The van der Waals surface area contributed by atoms with Gasteiger partial charge in [0.05, 0.1) is 23.3 Å². The molecule has 9 nitrogen and oxygen atoms in total. The van der Waals surface area contributed by atoms with Gasteiger partial charge in [-0.1, -0.05) is 102 Å². The fraction of sp³-hybridized carbons (Fsp3) is 0.417. The van der Waals surface area contributed by atoms with Crippen LogP contribution < -0.4 is 9.47 Å². The van der Waals surface area contributed by atoms with Crippen molar-refractivity contribution in [1.29, 1.82) is 0 Å². The molecule has 1 atom stereocenters. The van der Waals surface area contributed by atoms with Crippen LogP contribution in [0.3, 0.4) is 0 Å². The van der Waals surface area contributed by atoms with Crippen molar-refractivity contribution in [2.24, 2.45) is 5.92 Å². The van der Waals surface area contributed by atoms with Crippen molar-refractivity contribution < 1.29 is 19.2 Å². The van der Waals surface area contributed by atoms with Gasteiger partial charge in [-0.2, -0.15) is 0 Å². The number of nitrogens with zero attached hydrogens (tertiary/aromatic N) is 4. The number of aromatic nitrogens is 3. The summed E-state index contributed by atoms with van der Waals surface area (Å²) in [6.45, 7) is 7.89. The Bertz CT molecular complexity index is 1520. The van der Waals surface area contributed by atoms with Crippen molar-refractivity contribution in [3.05, 3.63) is 88.6 Å². The van der Waals surface area contributed by atoms with Gasteiger partial charge in [-0.3, -0.25) is 14.8 Å². The Morgan fingerprint density at radius 3 is 2.13 bits per heavy atom. The van der Waals surface area contributed by atoms with E-state index in [0.29, 0.717) is 30.3 Å². The van der Waals surface area contributed by atoms with Crippen LogP contribution in [-0.2, 0) is 6.54 Å². The van der Waals surface area contributed by atoms with Gasteiger partial charge >= 0.3 is 11.7 Å². The molecule has 0 amide bonds. The number of unbranched alkanes of at least 4 members (excludes halogenated alkanes) is 7. The summed E-state index contributed by atoms with van der Waals surface area (Å²) in [7, 11) is 0. The number of carbonyl (C=O) groups excluding carboxylic acids is 1. The third-order valence-corrected chi connectivity index (χ3v) is 7.96. The molecule has 0 aliphatic carbocycles. The molecule has 0 saturated heterocycles. The number of rotatable bonds is 18. The van der Waals surface area contributed by atoms with Gasteiger partial charge in [0.15, 0.2) is 0 Å². The molecule has 0 bridgehead atoms. The highest BCUT2D eigenvalue weighted by atomic mass is 16.6. The predicted molar refractivity (Wildman–Crippen MR) is 177 cm³/mol. The maximum absolute atomic E-state index is 12.9. The number of hydrogen-bond donors (Lipinski definition) is 0. The molecule has 45 heavy (non-hydrogen) atoms. The van der Waals surface area contributed by atoms with Crippen molar-refractivity contribution in [3.63, 3.8) is 0 Å². The Kier molecular flexibility index (Phi) is 12.7. The van der Waals surface area contributed by atoms with Crippen LogP contribution >= 0.6 is 0 Å². The van der Waals surface area contributed by atoms with Crippen molar-refractivity contribution in [1.82, 2.24) is 15.0 Å². The van der Waals surface area contributed by atoms with Gasteiger partial charge in [-0.15, -0.1) is 5.10 Å². The van der Waals surface area contributed by atoms with Gasteiger partial charge in [0, 0.05) is 18.2 Å². The molecule has 0 N–H and O–H groups in total. The minimum absolute atomic E-state index is 0.132. The molecule has 0 saturated carbocycles. The first-order valence-corrected chi connectivity index (χ1v) is 16.1. The van der Waals surface area contributed by atoms with Gasteiger partial charge in [-0.25, -0.2) is 4.79 Å². The zero-order valence-electron chi connectivity index (χ0n) is 26.6. The highest BCUT2D eigenvalue weighted by molar-refractivity contribution is 5.92. The molecule has 0 unspecified atom stereocenters. The lowest BCUT2D eigenvalue weighted by Gasteiger charge is -2.09. The number of esters is 1. The summed E-state index contributed by atoms with van der Waals surface area (Å²) in [5.41, 5.74) is 2.91. The van der Waals surface area contributed by atoms with Crippen molar-refractivity contribution in [3.8, 4) is 33.9 Å². The van der Waals surface area contributed by atoms with Gasteiger partial charge in [-0.05, 0) is 59.9 Å². The second kappa shape index (κ2) is 17.1. The molecule has 0 radical (unpaired) electrons. The normalized spacial score (nSPS) is 11.7. The second-order valence-electron chi connectivity index (χ2n) is 11.6. The van der Waals surface area contributed by atoms with Crippen LogP contribution in [0.4, 0.5) is 5.69 Å². The molecule has 1 heterocycles. The van der Waals surface area contributed by atoms with Crippen molar-refractivity contribution in [2.45, 2.75) is 85.1 Å². The smallest absolute Gasteiger partial charge is 0.343 e. The van der Waals surface area contributed by atoms with E-state index < -0.39 is 10.9 Å². The molecular formula is C36H44N4O5. The molecule has 238 valence electrons. The van der Waals surface area contributed by atoms with Gasteiger partial charge in [0.25, 0.3) is 0 Å². The highest BCUT2D eigenvalue weighted by Gasteiger charge is 2.21. The fourth-order valence-corrected chi connectivity index (χ4v) is 5.00. The highest BCUT2D eigenvalue weighted by Crippen LogP contribution is 2.32. The fourth-order valence-electron chi connectivity index (χ4n) is 5.00. The van der Waals surface area contributed by atoms with Gasteiger partial charge < -0.3 is 9.47 Å². The van der Waals surface area contributed by atoms with E-state index in [-0.39, 0.29) is 17.0 Å². The zero-order valence-corrected chi connectivity index (χ0v) is 26.6. The topological polar surface area (TPSA) is 109 Å². The number of nitro groups is 1. The number of hydrogen-bond acceptors (Lipinski definition) is 7. The van der Waals surface area contributed by atoms with E-state index in [9.17, 15) is 14.9 Å². The maximum Gasteiger partial charge on any atom is 0.343 e. The third kappa shape index (κ3) is 9.99. The van der Waals surface area contributed by atoms with Crippen LogP contribution in [-0.4, -0.2) is 32.5 Å². The number of benzene rings is 3. The SMILES string of the molecule is CCCCCCCCCCOc1ccc(-c2ccc(C(=O)Oc3ccc(-c4cn(C[C@@H](C)CC)nn4)cc3[N+](=O)[O-])cc2)cc1. The average Bonchev–Trinajstić information content (AvgIpc) is 3.52. The summed E-state index contributed by atoms with van der Waals surface area (Å²) in [6, 6.07) is 19.3. The molecule has 0 spiro atoms. The monoisotopic (exact) mass is 612 g/mol. The summed E-state index contributed by atoms with van der Waals surface area (Å²) in [4.78, 5) is 24.2. The van der Waals surface area contributed by atoms with Crippen molar-refractivity contribution in [2.75, 3.05) is 6.61 Å².